The molecule has 0 radical (unpaired) electrons. The third kappa shape index (κ3) is 2.07. The topological polar surface area (TPSA) is 61.9 Å². The van der Waals surface area contributed by atoms with Crippen molar-refractivity contribution in [3.8, 4) is 17.3 Å². The van der Waals surface area contributed by atoms with Crippen molar-refractivity contribution >= 4 is 5.91 Å². The number of benzene rings is 1. The second kappa shape index (κ2) is 5.32. The summed E-state index contributed by atoms with van der Waals surface area (Å²) in [5, 5.41) is 14.2. The van der Waals surface area contributed by atoms with E-state index < -0.39 is 5.41 Å². The highest BCUT2D eigenvalue weighted by Crippen LogP contribution is 2.46. The Bertz CT molecular complexity index is 935. The Morgan fingerprint density at radius 1 is 1.28 bits per heavy atom. The van der Waals surface area contributed by atoms with Crippen LogP contribution in [0, 0.1) is 11.3 Å². The lowest BCUT2D eigenvalue weighted by Crippen LogP contribution is -2.55. The fraction of sp³-hybridized carbons (Fsp3) is 0.350. The van der Waals surface area contributed by atoms with E-state index in [1.54, 1.807) is 11.9 Å². The van der Waals surface area contributed by atoms with Crippen molar-refractivity contribution in [2.24, 2.45) is 7.05 Å². The van der Waals surface area contributed by atoms with E-state index in [9.17, 15) is 10.1 Å². The number of carbonyl (C=O) groups excluding carboxylic acids is 1. The van der Waals surface area contributed by atoms with Crippen LogP contribution >= 0.6 is 0 Å². The molecule has 1 aromatic carbocycles. The van der Waals surface area contributed by atoms with Crippen LogP contribution < -0.4 is 0 Å². The molecule has 2 aromatic rings. The van der Waals surface area contributed by atoms with E-state index in [1.807, 2.05) is 36.0 Å². The molecule has 1 unspecified atom stereocenters. The van der Waals surface area contributed by atoms with Gasteiger partial charge in [-0.25, -0.2) is 0 Å². The van der Waals surface area contributed by atoms with Crippen LogP contribution in [-0.2, 0) is 23.7 Å². The Morgan fingerprint density at radius 2 is 2.00 bits per heavy atom. The van der Waals surface area contributed by atoms with Crippen molar-refractivity contribution in [1.82, 2.24) is 14.7 Å². The molecule has 1 amide bonds. The molecule has 126 valence electrons. The molecule has 0 saturated carbocycles. The van der Waals surface area contributed by atoms with Crippen LogP contribution in [0.2, 0.25) is 0 Å². The van der Waals surface area contributed by atoms with Crippen molar-refractivity contribution < 1.29 is 4.79 Å². The number of hydrogen-bond acceptors (Lipinski definition) is 3. The van der Waals surface area contributed by atoms with Crippen LogP contribution in [-0.4, -0.2) is 33.7 Å². The third-order valence-corrected chi connectivity index (χ3v) is 5.65. The lowest BCUT2D eigenvalue weighted by Gasteiger charge is -2.46. The van der Waals surface area contributed by atoms with E-state index in [1.165, 1.54) is 5.56 Å². The van der Waals surface area contributed by atoms with Gasteiger partial charge in [0.05, 0.1) is 16.8 Å². The van der Waals surface area contributed by atoms with E-state index in [0.717, 1.165) is 29.8 Å². The molecular formula is C20H20N4O. The van der Waals surface area contributed by atoms with Gasteiger partial charge in [-0.3, -0.25) is 9.48 Å². The first kappa shape index (κ1) is 15.6. The summed E-state index contributed by atoms with van der Waals surface area (Å²) >= 11 is 0. The molecule has 25 heavy (non-hydrogen) atoms. The van der Waals surface area contributed by atoms with Gasteiger partial charge in [-0.15, -0.1) is 0 Å². The van der Waals surface area contributed by atoms with Crippen molar-refractivity contribution in [3.63, 3.8) is 0 Å². The quantitative estimate of drug-likeness (QED) is 0.806. The molecule has 1 aromatic heterocycles. The zero-order valence-electron chi connectivity index (χ0n) is 14.7. The van der Waals surface area contributed by atoms with Crippen LogP contribution in [0.5, 0.6) is 0 Å². The van der Waals surface area contributed by atoms with Crippen molar-refractivity contribution in [1.29, 1.82) is 5.26 Å². The van der Waals surface area contributed by atoms with E-state index in [-0.39, 0.29) is 17.5 Å². The molecule has 2 atom stereocenters. The van der Waals surface area contributed by atoms with Crippen LogP contribution in [0.4, 0.5) is 0 Å². The minimum absolute atomic E-state index is 0.0307. The van der Waals surface area contributed by atoms with Gasteiger partial charge in [-0.1, -0.05) is 30.3 Å². The number of fused-ring (bicyclic) bond motifs is 3. The van der Waals surface area contributed by atoms with E-state index in [4.69, 9.17) is 5.10 Å². The minimum atomic E-state index is -0.438. The van der Waals surface area contributed by atoms with Crippen LogP contribution in [0.3, 0.4) is 0 Å². The largest absolute Gasteiger partial charge is 0.337 e. The zero-order valence-corrected chi connectivity index (χ0v) is 14.7. The molecule has 2 aliphatic rings. The fourth-order valence-electron chi connectivity index (χ4n) is 4.47. The monoisotopic (exact) mass is 332 g/mol. The SMILES string of the molecule is CN1C(=O)C(C#N)=C[C@]2(C)c3nn(C)c(-c4ccccc4)c3CCC12. The molecule has 0 saturated heterocycles. The van der Waals surface area contributed by atoms with Crippen LogP contribution in [0.25, 0.3) is 11.3 Å². The van der Waals surface area contributed by atoms with E-state index in [2.05, 4.69) is 25.1 Å². The first-order valence-corrected chi connectivity index (χ1v) is 8.49. The lowest BCUT2D eigenvalue weighted by molar-refractivity contribution is -0.130. The van der Waals surface area contributed by atoms with Gasteiger partial charge < -0.3 is 4.90 Å². The number of carbonyl (C=O) groups is 1. The Labute approximate surface area is 147 Å². The minimum Gasteiger partial charge on any atom is -0.337 e. The Kier molecular flexibility index (Phi) is 3.33. The summed E-state index contributed by atoms with van der Waals surface area (Å²) < 4.78 is 1.93. The number of hydrogen-bond donors (Lipinski definition) is 0. The molecular weight excluding hydrogens is 312 g/mol. The van der Waals surface area contributed by atoms with Gasteiger partial charge in [0.25, 0.3) is 5.91 Å². The van der Waals surface area contributed by atoms with Gasteiger partial charge in [0.2, 0.25) is 0 Å². The van der Waals surface area contributed by atoms with E-state index >= 15 is 0 Å². The molecule has 5 heteroatoms. The number of nitriles is 1. The third-order valence-electron chi connectivity index (χ3n) is 5.65. The van der Waals surface area contributed by atoms with Crippen LogP contribution in [0.15, 0.2) is 42.0 Å². The van der Waals surface area contributed by atoms with Gasteiger partial charge in [0.1, 0.15) is 11.6 Å². The summed E-state index contributed by atoms with van der Waals surface area (Å²) in [6, 6.07) is 12.4. The first-order chi connectivity index (χ1) is 12.0. The molecule has 0 N–H and O–H groups in total. The van der Waals surface area contributed by atoms with Crippen molar-refractivity contribution in [2.45, 2.75) is 31.2 Å². The highest BCUT2D eigenvalue weighted by atomic mass is 16.2. The van der Waals surface area contributed by atoms with Gasteiger partial charge in [-0.05, 0) is 25.8 Å². The predicted molar refractivity (Wildman–Crippen MR) is 94.6 cm³/mol. The predicted octanol–water partition coefficient (Wildman–Crippen LogP) is 2.58. The lowest BCUT2D eigenvalue weighted by atomic mass is 9.67. The maximum atomic E-state index is 12.4. The van der Waals surface area contributed by atoms with Crippen LogP contribution in [0.1, 0.15) is 24.6 Å². The highest BCUT2D eigenvalue weighted by molar-refractivity contribution is 5.99. The zero-order chi connectivity index (χ0) is 17.8. The van der Waals surface area contributed by atoms with Gasteiger partial charge in [0.15, 0.2) is 0 Å². The van der Waals surface area contributed by atoms with Gasteiger partial charge in [0, 0.05) is 31.3 Å². The number of amides is 1. The molecule has 0 fully saturated rings. The average molecular weight is 332 g/mol. The van der Waals surface area contributed by atoms with Gasteiger partial charge >= 0.3 is 0 Å². The maximum absolute atomic E-state index is 12.4. The molecule has 0 spiro atoms. The molecule has 2 heterocycles. The Balaban J connectivity index is 1.94. The number of nitrogens with zero attached hydrogens (tertiary/aromatic N) is 4. The number of aryl methyl sites for hydroxylation is 1. The summed E-state index contributed by atoms with van der Waals surface area (Å²) in [7, 11) is 3.76. The molecule has 1 aliphatic heterocycles. The highest BCUT2D eigenvalue weighted by Gasteiger charge is 2.49. The summed E-state index contributed by atoms with van der Waals surface area (Å²) in [5.74, 6) is -0.187. The number of aromatic nitrogens is 2. The Morgan fingerprint density at radius 3 is 2.68 bits per heavy atom. The Hall–Kier alpha value is -2.87. The standard InChI is InChI=1S/C20H20N4O/c1-20-11-14(12-21)19(25)23(2)16(20)10-9-15-17(24(3)22-18(15)20)13-7-5-4-6-8-13/h4-8,11,16H,9-10H2,1-3H3/t16?,20-/m0/s1. The fourth-order valence-corrected chi connectivity index (χ4v) is 4.47. The molecule has 0 bridgehead atoms. The molecule has 4 rings (SSSR count). The van der Waals surface area contributed by atoms with Crippen molar-refractivity contribution in [2.75, 3.05) is 7.05 Å². The first-order valence-electron chi connectivity index (χ1n) is 8.49. The summed E-state index contributed by atoms with van der Waals surface area (Å²) in [5.41, 5.74) is 4.25. The number of likely N-dealkylation sites (N-methyl/N-ethyl adjacent to an activating group) is 1. The second-order valence-electron chi connectivity index (χ2n) is 7.09. The second-order valence-corrected chi connectivity index (χ2v) is 7.09. The van der Waals surface area contributed by atoms with Crippen molar-refractivity contribution in [3.05, 3.63) is 53.2 Å². The summed E-state index contributed by atoms with van der Waals surface area (Å²) in [4.78, 5) is 14.1. The average Bonchev–Trinajstić information content (AvgIpc) is 2.96. The summed E-state index contributed by atoms with van der Waals surface area (Å²) in [6.07, 6.45) is 3.58. The molecule has 5 nitrogen and oxygen atoms in total. The smallest absolute Gasteiger partial charge is 0.264 e. The maximum Gasteiger partial charge on any atom is 0.264 e. The number of rotatable bonds is 1. The van der Waals surface area contributed by atoms with E-state index in [0.29, 0.717) is 0 Å². The molecule has 1 aliphatic carbocycles. The normalized spacial score (nSPS) is 25.0. The summed E-state index contributed by atoms with van der Waals surface area (Å²) in [6.45, 7) is 2.09. The van der Waals surface area contributed by atoms with Gasteiger partial charge in [-0.2, -0.15) is 10.4 Å².